The Bertz CT molecular complexity index is 515. The van der Waals surface area contributed by atoms with Crippen LogP contribution in [0.4, 0.5) is 0 Å². The minimum Gasteiger partial charge on any atom is -0.359 e. The molecule has 0 aliphatic heterocycles. The van der Waals surface area contributed by atoms with E-state index in [0.717, 1.165) is 0 Å². The third kappa shape index (κ3) is 3.33. The Morgan fingerprint density at radius 2 is 1.00 bits per heavy atom. The summed E-state index contributed by atoms with van der Waals surface area (Å²) >= 11 is 0. The summed E-state index contributed by atoms with van der Waals surface area (Å²) in [4.78, 5) is 47.9. The highest BCUT2D eigenvalue weighted by Crippen LogP contribution is 2.29. The van der Waals surface area contributed by atoms with E-state index in [9.17, 15) is 19.2 Å². The summed E-state index contributed by atoms with van der Waals surface area (Å²) in [7, 11) is 5.72. The average molecular weight is 308 g/mol. The van der Waals surface area contributed by atoms with Gasteiger partial charge in [-0.2, -0.15) is 0 Å². The highest BCUT2D eigenvalue weighted by atomic mass is 16.2. The molecule has 0 saturated heterocycles. The first kappa shape index (κ1) is 17.4. The molecule has 22 heavy (non-hydrogen) atoms. The molecule has 0 aromatic heterocycles. The van der Waals surface area contributed by atoms with Gasteiger partial charge in [0.1, 0.15) is 0 Å². The van der Waals surface area contributed by atoms with Crippen molar-refractivity contribution in [3.8, 4) is 0 Å². The topological polar surface area (TPSA) is 116 Å². The Morgan fingerprint density at radius 3 is 1.23 bits per heavy atom. The molecule has 2 unspecified atom stereocenters. The lowest BCUT2D eigenvalue weighted by atomic mass is 9.80. The van der Waals surface area contributed by atoms with Gasteiger partial charge in [-0.05, 0) is 0 Å². The molecule has 0 bridgehead atoms. The number of carbonyl (C=O) groups excluding carboxylic acids is 4. The maximum absolute atomic E-state index is 12.0. The van der Waals surface area contributed by atoms with Crippen molar-refractivity contribution in [2.75, 3.05) is 28.2 Å². The first-order valence-electron chi connectivity index (χ1n) is 6.72. The molecule has 1 rings (SSSR count). The van der Waals surface area contributed by atoms with Crippen molar-refractivity contribution in [2.45, 2.75) is 0 Å². The smallest absolute Gasteiger partial charge is 0.251 e. The summed E-state index contributed by atoms with van der Waals surface area (Å²) in [6, 6.07) is 0. The summed E-state index contributed by atoms with van der Waals surface area (Å²) < 4.78 is 0. The van der Waals surface area contributed by atoms with Gasteiger partial charge in [0.05, 0.1) is 11.8 Å². The molecule has 0 aromatic carbocycles. The Kier molecular flexibility index (Phi) is 5.85. The molecule has 0 aromatic rings. The van der Waals surface area contributed by atoms with E-state index < -0.39 is 35.5 Å². The summed E-state index contributed by atoms with van der Waals surface area (Å²) in [6.07, 6.45) is 2.70. The fourth-order valence-corrected chi connectivity index (χ4v) is 2.22. The van der Waals surface area contributed by atoms with Crippen molar-refractivity contribution in [3.05, 3.63) is 23.3 Å². The van der Waals surface area contributed by atoms with E-state index in [1.54, 1.807) is 0 Å². The van der Waals surface area contributed by atoms with Gasteiger partial charge >= 0.3 is 0 Å². The predicted molar refractivity (Wildman–Crippen MR) is 79.4 cm³/mol. The third-order valence-electron chi connectivity index (χ3n) is 3.41. The van der Waals surface area contributed by atoms with Crippen LogP contribution in [0.15, 0.2) is 23.3 Å². The van der Waals surface area contributed by atoms with Crippen LogP contribution in [-0.4, -0.2) is 51.8 Å². The highest BCUT2D eigenvalue weighted by molar-refractivity contribution is 6.12. The molecule has 4 amide bonds. The Labute approximate surface area is 128 Å². The van der Waals surface area contributed by atoms with E-state index in [1.807, 2.05) is 0 Å². The average Bonchev–Trinajstić information content (AvgIpc) is 2.57. The Hall–Kier alpha value is -2.64. The van der Waals surface area contributed by atoms with Gasteiger partial charge in [-0.15, -0.1) is 0 Å². The fourth-order valence-electron chi connectivity index (χ4n) is 2.22. The van der Waals surface area contributed by atoms with E-state index >= 15 is 0 Å². The van der Waals surface area contributed by atoms with Crippen molar-refractivity contribution in [1.29, 1.82) is 0 Å². The van der Waals surface area contributed by atoms with Crippen molar-refractivity contribution < 1.29 is 19.2 Å². The molecule has 8 nitrogen and oxygen atoms in total. The van der Waals surface area contributed by atoms with Crippen LogP contribution >= 0.6 is 0 Å². The second kappa shape index (κ2) is 7.39. The fraction of sp³-hybridized carbons (Fsp3) is 0.429. The zero-order valence-electron chi connectivity index (χ0n) is 12.9. The molecule has 4 N–H and O–H groups in total. The van der Waals surface area contributed by atoms with E-state index in [2.05, 4.69) is 21.3 Å². The molecule has 0 spiro atoms. The molecule has 1 aliphatic rings. The lowest BCUT2D eigenvalue weighted by Gasteiger charge is -2.26. The van der Waals surface area contributed by atoms with E-state index in [4.69, 9.17) is 0 Å². The monoisotopic (exact) mass is 308 g/mol. The van der Waals surface area contributed by atoms with Crippen LogP contribution in [0.25, 0.3) is 0 Å². The SMILES string of the molecule is CNC(=O)C1=CC(C(=O)NC)C(C(=O)NC)C=C1C(=O)NC. The van der Waals surface area contributed by atoms with Crippen molar-refractivity contribution in [2.24, 2.45) is 11.8 Å². The maximum Gasteiger partial charge on any atom is 0.251 e. The lowest BCUT2D eigenvalue weighted by Crippen LogP contribution is -2.42. The van der Waals surface area contributed by atoms with Gasteiger partial charge < -0.3 is 21.3 Å². The van der Waals surface area contributed by atoms with Crippen molar-refractivity contribution >= 4 is 23.6 Å². The van der Waals surface area contributed by atoms with Crippen molar-refractivity contribution in [3.63, 3.8) is 0 Å². The normalized spacial score (nSPS) is 20.2. The minimum atomic E-state index is -0.870. The summed E-state index contributed by atoms with van der Waals surface area (Å²) in [5.41, 5.74) is 0.131. The van der Waals surface area contributed by atoms with Gasteiger partial charge in [-0.3, -0.25) is 19.2 Å². The number of amides is 4. The van der Waals surface area contributed by atoms with Gasteiger partial charge in [0.25, 0.3) is 11.8 Å². The largest absolute Gasteiger partial charge is 0.359 e. The number of likely N-dealkylation sites (N-methyl/N-ethyl adjacent to an activating group) is 2. The van der Waals surface area contributed by atoms with Crippen LogP contribution < -0.4 is 21.3 Å². The standard InChI is InChI=1S/C14H20N4O4/c1-15-11(19)7-5-9(13(21)17-3)10(14(22)18-4)6-8(7)12(20)16-2/h5-8H,1-4H3,(H,15,19)(H,16,20)(H,17,21)(H,18,22). The minimum absolute atomic E-state index is 0.0654. The van der Waals surface area contributed by atoms with E-state index in [0.29, 0.717) is 0 Å². The van der Waals surface area contributed by atoms with Gasteiger partial charge in [0.15, 0.2) is 0 Å². The van der Waals surface area contributed by atoms with Crippen LogP contribution in [0.2, 0.25) is 0 Å². The lowest BCUT2D eigenvalue weighted by molar-refractivity contribution is -0.131. The molecule has 120 valence electrons. The third-order valence-corrected chi connectivity index (χ3v) is 3.41. The first-order chi connectivity index (χ1) is 10.4. The van der Waals surface area contributed by atoms with E-state index in [-0.39, 0.29) is 11.1 Å². The summed E-state index contributed by atoms with van der Waals surface area (Å²) in [6.45, 7) is 0. The van der Waals surface area contributed by atoms with Gasteiger partial charge in [0, 0.05) is 39.3 Å². The molecule has 0 radical (unpaired) electrons. The molecule has 0 fully saturated rings. The molecule has 8 heteroatoms. The highest BCUT2D eigenvalue weighted by Gasteiger charge is 2.37. The van der Waals surface area contributed by atoms with Crippen LogP contribution in [0.1, 0.15) is 0 Å². The number of rotatable bonds is 4. The van der Waals surface area contributed by atoms with Gasteiger partial charge in [0.2, 0.25) is 11.8 Å². The number of nitrogens with one attached hydrogen (secondary N) is 4. The number of hydrogen-bond acceptors (Lipinski definition) is 4. The first-order valence-corrected chi connectivity index (χ1v) is 6.72. The zero-order chi connectivity index (χ0) is 16.9. The number of hydrogen-bond donors (Lipinski definition) is 4. The molecule has 0 heterocycles. The van der Waals surface area contributed by atoms with E-state index in [1.165, 1.54) is 40.3 Å². The van der Waals surface area contributed by atoms with Crippen LogP contribution in [-0.2, 0) is 19.2 Å². The summed E-state index contributed by atoms with van der Waals surface area (Å²) in [5, 5.41) is 9.75. The van der Waals surface area contributed by atoms with Gasteiger partial charge in [-0.25, -0.2) is 0 Å². The Morgan fingerprint density at radius 1 is 0.682 bits per heavy atom. The van der Waals surface area contributed by atoms with Crippen molar-refractivity contribution in [1.82, 2.24) is 21.3 Å². The van der Waals surface area contributed by atoms with Crippen LogP contribution in [0.5, 0.6) is 0 Å². The zero-order valence-corrected chi connectivity index (χ0v) is 12.9. The molecular formula is C14H20N4O4. The number of carbonyl (C=O) groups is 4. The molecular weight excluding hydrogens is 288 g/mol. The molecule has 1 aliphatic carbocycles. The second-order valence-corrected chi connectivity index (χ2v) is 4.60. The van der Waals surface area contributed by atoms with Crippen LogP contribution in [0, 0.1) is 11.8 Å². The molecule has 0 saturated carbocycles. The van der Waals surface area contributed by atoms with Gasteiger partial charge in [-0.1, -0.05) is 12.2 Å². The second-order valence-electron chi connectivity index (χ2n) is 4.60. The Balaban J connectivity index is 3.41. The molecule has 2 atom stereocenters. The quantitative estimate of drug-likeness (QED) is 0.484. The summed E-state index contributed by atoms with van der Waals surface area (Å²) in [5.74, 6) is -3.57. The maximum atomic E-state index is 12.0. The van der Waals surface area contributed by atoms with Crippen LogP contribution in [0.3, 0.4) is 0 Å². The predicted octanol–water partition coefficient (Wildman–Crippen LogP) is -1.93.